The topological polar surface area (TPSA) is 17.1 Å². The molecule has 1 nitrogen and oxygen atoms in total. The maximum absolute atomic E-state index is 8.99. The van der Waals surface area contributed by atoms with Crippen LogP contribution >= 0.6 is 0 Å². The lowest BCUT2D eigenvalue weighted by molar-refractivity contribution is 0.569. The standard InChI is InChI=1S/CHB2O/c2-3-1-4/h1H. The normalized spacial score (nSPS) is 5.00. The predicted octanol–water partition coefficient (Wildman–Crippen LogP) is -1.04. The van der Waals surface area contributed by atoms with Crippen LogP contribution in [-0.2, 0) is 4.79 Å². The Morgan fingerprint density at radius 2 is 2.25 bits per heavy atom. The summed E-state index contributed by atoms with van der Waals surface area (Å²) in [7, 11) is 5.48. The zero-order valence-corrected chi connectivity index (χ0v) is 2.14. The lowest BCUT2D eigenvalue weighted by atomic mass is 9.58. The van der Waals surface area contributed by atoms with Gasteiger partial charge in [0.25, 0.3) is 0 Å². The number of hydrogen-bond acceptors (Lipinski definition) is 1. The summed E-state index contributed by atoms with van der Waals surface area (Å²) in [5.74, 6) is 0. The average Bonchev–Trinajstić information content (AvgIpc) is 1.37. The Kier molecular flexibility index (Phi) is 2.66. The van der Waals surface area contributed by atoms with E-state index in [2.05, 4.69) is 7.74 Å². The second-order valence-electron chi connectivity index (χ2n) is 0.329. The van der Waals surface area contributed by atoms with Crippen LogP contribution in [0.1, 0.15) is 0 Å². The van der Waals surface area contributed by atoms with Crippen LogP contribution in [-0.4, -0.2) is 21.1 Å². The first kappa shape index (κ1) is 3.80. The second-order valence-corrected chi connectivity index (χ2v) is 0.329. The second kappa shape index (κ2) is 2.80. The molecule has 0 aliphatic heterocycles. The van der Waals surface area contributed by atoms with E-state index in [9.17, 15) is 0 Å². The van der Waals surface area contributed by atoms with Crippen molar-refractivity contribution in [2.45, 2.75) is 0 Å². The number of hydrogen-bond donors (Lipinski definition) is 0. The molecule has 17 valence electrons. The SMILES string of the molecule is [B][B]C=O. The van der Waals surface area contributed by atoms with Crippen molar-refractivity contribution in [2.75, 3.05) is 0 Å². The summed E-state index contributed by atoms with van der Waals surface area (Å²) in [6, 6.07) is 0. The van der Waals surface area contributed by atoms with E-state index >= 15 is 0 Å². The van der Waals surface area contributed by atoms with Crippen molar-refractivity contribution >= 4 is 21.1 Å². The number of carbonyl (C=O) groups is 1. The van der Waals surface area contributed by atoms with Crippen molar-refractivity contribution in [3.8, 4) is 0 Å². The first-order chi connectivity index (χ1) is 1.91. The lowest BCUT2D eigenvalue weighted by Crippen LogP contribution is -1.85. The summed E-state index contributed by atoms with van der Waals surface area (Å²) in [6.45, 7) is 0. The van der Waals surface area contributed by atoms with Gasteiger partial charge in [-0.05, 0) is 0 Å². The van der Waals surface area contributed by atoms with E-state index in [4.69, 9.17) is 4.79 Å². The van der Waals surface area contributed by atoms with Crippen LogP contribution in [0.4, 0.5) is 0 Å². The summed E-state index contributed by atoms with van der Waals surface area (Å²) in [5.41, 5.74) is 0. The fourth-order valence-corrected chi connectivity index (χ4v) is 0. The molecule has 0 aliphatic rings. The van der Waals surface area contributed by atoms with Gasteiger partial charge in [-0.1, -0.05) is 0 Å². The average molecular weight is 50.6 g/mol. The van der Waals surface area contributed by atoms with Gasteiger partial charge in [0, 0.05) is 7.74 Å². The minimum Gasteiger partial charge on any atom is -0.316 e. The van der Waals surface area contributed by atoms with Crippen LogP contribution in [0.25, 0.3) is 0 Å². The molecule has 0 fully saturated rings. The molecule has 0 aliphatic carbocycles. The van der Waals surface area contributed by atoms with Crippen LogP contribution < -0.4 is 0 Å². The Hall–Kier alpha value is -0.200. The third-order valence-electron chi connectivity index (χ3n) is 0.0786. The van der Waals surface area contributed by atoms with Gasteiger partial charge in [0.2, 0.25) is 0 Å². The Morgan fingerprint density at radius 3 is 2.25 bits per heavy atom. The highest BCUT2D eigenvalue weighted by molar-refractivity contribution is 7.04. The molecule has 0 saturated heterocycles. The molecule has 0 amide bonds. The van der Waals surface area contributed by atoms with Crippen molar-refractivity contribution in [2.24, 2.45) is 0 Å². The van der Waals surface area contributed by atoms with Gasteiger partial charge >= 0.3 is 0 Å². The van der Waals surface area contributed by atoms with Crippen LogP contribution in [0.2, 0.25) is 0 Å². The van der Waals surface area contributed by atoms with Gasteiger partial charge in [-0.3, -0.25) is 0 Å². The largest absolute Gasteiger partial charge is 0.316 e. The van der Waals surface area contributed by atoms with Crippen molar-refractivity contribution < 1.29 is 4.79 Å². The van der Waals surface area contributed by atoms with E-state index in [1.165, 1.54) is 0 Å². The molecule has 0 spiro atoms. The molecule has 0 aromatic rings. The minimum absolute atomic E-state index is 0.528. The quantitative estimate of drug-likeness (QED) is 0.274. The monoisotopic (exact) mass is 51.0 g/mol. The van der Waals surface area contributed by atoms with E-state index in [0.29, 0.717) is 6.19 Å². The van der Waals surface area contributed by atoms with Crippen molar-refractivity contribution in [1.82, 2.24) is 0 Å². The fraction of sp³-hybridized carbons (Fsp3) is 0. The molecule has 0 aromatic heterocycles. The molecule has 4 heavy (non-hydrogen) atoms. The molecule has 0 bridgehead atoms. The third kappa shape index (κ3) is 1.80. The number of rotatable bonds is 1. The highest BCUT2D eigenvalue weighted by Crippen LogP contribution is 1.19. The van der Waals surface area contributed by atoms with E-state index in [-0.39, 0.29) is 0 Å². The molecule has 0 heterocycles. The van der Waals surface area contributed by atoms with Gasteiger partial charge in [0.05, 0.1) is 6.19 Å². The Balaban J connectivity index is 2.30. The molecule has 3 radical (unpaired) electrons. The minimum atomic E-state index is 0.528. The summed E-state index contributed by atoms with van der Waals surface area (Å²) in [4.78, 5) is 8.99. The lowest BCUT2D eigenvalue weighted by Gasteiger charge is -1.46. The third-order valence-corrected chi connectivity index (χ3v) is 0.0786. The molecule has 0 unspecified atom stereocenters. The smallest absolute Gasteiger partial charge is 0.141 e. The molecular formula is CHB2O. The Bertz CT molecular complexity index is 20.0. The van der Waals surface area contributed by atoms with Crippen LogP contribution in [0.15, 0.2) is 0 Å². The van der Waals surface area contributed by atoms with E-state index in [1.54, 1.807) is 0 Å². The maximum Gasteiger partial charge on any atom is 0.141 e. The molecule has 0 saturated carbocycles. The van der Waals surface area contributed by atoms with E-state index in [0.717, 1.165) is 7.17 Å². The van der Waals surface area contributed by atoms with Crippen LogP contribution in [0, 0.1) is 0 Å². The van der Waals surface area contributed by atoms with Gasteiger partial charge < -0.3 is 4.79 Å². The maximum atomic E-state index is 8.99. The summed E-state index contributed by atoms with van der Waals surface area (Å²) < 4.78 is 0. The van der Waals surface area contributed by atoms with Gasteiger partial charge in [0.15, 0.2) is 0 Å². The van der Waals surface area contributed by atoms with Gasteiger partial charge in [-0.25, -0.2) is 0 Å². The van der Waals surface area contributed by atoms with E-state index in [1.807, 2.05) is 0 Å². The molecule has 0 N–H and O–H groups in total. The molecule has 3 heteroatoms. The van der Waals surface area contributed by atoms with Crippen molar-refractivity contribution in [3.05, 3.63) is 0 Å². The Labute approximate surface area is 27.0 Å². The zero-order valence-electron chi connectivity index (χ0n) is 2.14. The van der Waals surface area contributed by atoms with Crippen molar-refractivity contribution in [1.29, 1.82) is 0 Å². The highest BCUT2D eigenvalue weighted by Gasteiger charge is 1.58. The van der Waals surface area contributed by atoms with E-state index < -0.39 is 0 Å². The molecular weight excluding hydrogens is 49.6 g/mol. The van der Waals surface area contributed by atoms with Gasteiger partial charge in [0.1, 0.15) is 7.17 Å². The Morgan fingerprint density at radius 1 is 2.00 bits per heavy atom. The molecule has 0 rings (SSSR count). The first-order valence-electron chi connectivity index (χ1n) is 0.902. The molecule has 0 aromatic carbocycles. The van der Waals surface area contributed by atoms with Gasteiger partial charge in [-0.2, -0.15) is 0 Å². The molecule has 0 atom stereocenters. The zero-order chi connectivity index (χ0) is 3.41. The van der Waals surface area contributed by atoms with Crippen LogP contribution in [0.3, 0.4) is 0 Å². The number of carbonyl (C=O) groups excluding carboxylic acids is 1. The van der Waals surface area contributed by atoms with Crippen molar-refractivity contribution in [3.63, 3.8) is 0 Å². The predicted molar refractivity (Wildman–Crippen MR) is 18.3 cm³/mol. The summed E-state index contributed by atoms with van der Waals surface area (Å²) >= 11 is 0. The van der Waals surface area contributed by atoms with Crippen LogP contribution in [0.5, 0.6) is 0 Å². The fourth-order valence-electron chi connectivity index (χ4n) is 0. The highest BCUT2D eigenvalue weighted by atomic mass is 16.1. The summed E-state index contributed by atoms with van der Waals surface area (Å²) in [6.07, 6.45) is 0.528. The summed E-state index contributed by atoms with van der Waals surface area (Å²) in [5, 5.41) is 0. The van der Waals surface area contributed by atoms with Gasteiger partial charge in [-0.15, -0.1) is 0 Å². The first-order valence-corrected chi connectivity index (χ1v) is 0.902.